The lowest BCUT2D eigenvalue weighted by Crippen LogP contribution is -2.06. The minimum absolute atomic E-state index is 0.113. The molecule has 0 spiro atoms. The van der Waals surface area contributed by atoms with Crippen LogP contribution in [0.15, 0.2) is 42.6 Å². The number of nitro groups is 1. The zero-order chi connectivity index (χ0) is 14.5. The highest BCUT2D eigenvalue weighted by molar-refractivity contribution is 5.89. The summed E-state index contributed by atoms with van der Waals surface area (Å²) in [5.41, 5.74) is 1.08. The monoisotopic (exact) mass is 272 g/mol. The van der Waals surface area contributed by atoms with Crippen LogP contribution in [0, 0.1) is 10.1 Å². The van der Waals surface area contributed by atoms with E-state index in [9.17, 15) is 14.9 Å². The number of rotatable bonds is 4. The summed E-state index contributed by atoms with van der Waals surface area (Å²) in [5.74, 6) is -0.0385. The van der Waals surface area contributed by atoms with E-state index in [2.05, 4.69) is 15.6 Å². The van der Waals surface area contributed by atoms with Crippen molar-refractivity contribution in [3.05, 3.63) is 52.7 Å². The molecule has 1 amide bonds. The van der Waals surface area contributed by atoms with Crippen molar-refractivity contribution in [2.45, 2.75) is 6.92 Å². The molecule has 2 rings (SSSR count). The first kappa shape index (κ1) is 13.5. The Kier molecular flexibility index (Phi) is 3.90. The van der Waals surface area contributed by atoms with Gasteiger partial charge in [-0.1, -0.05) is 6.07 Å². The second-order valence-corrected chi connectivity index (χ2v) is 4.02. The van der Waals surface area contributed by atoms with Crippen molar-refractivity contribution in [3.63, 3.8) is 0 Å². The molecule has 0 bridgehead atoms. The Morgan fingerprint density at radius 3 is 2.70 bits per heavy atom. The molecular weight excluding hydrogens is 260 g/mol. The highest BCUT2D eigenvalue weighted by Crippen LogP contribution is 2.25. The maximum absolute atomic E-state index is 11.0. The number of carbonyl (C=O) groups excluding carboxylic acids is 1. The molecule has 1 aromatic heterocycles. The van der Waals surface area contributed by atoms with E-state index >= 15 is 0 Å². The summed E-state index contributed by atoms with van der Waals surface area (Å²) in [4.78, 5) is 25.3. The van der Waals surface area contributed by atoms with Gasteiger partial charge in [0.1, 0.15) is 0 Å². The molecule has 0 atom stereocenters. The summed E-state index contributed by atoms with van der Waals surface area (Å²) in [7, 11) is 0. The first-order valence-corrected chi connectivity index (χ1v) is 5.80. The molecule has 0 aliphatic carbocycles. The van der Waals surface area contributed by atoms with Gasteiger partial charge in [0.05, 0.1) is 4.92 Å². The Morgan fingerprint density at radius 2 is 2.00 bits per heavy atom. The summed E-state index contributed by atoms with van der Waals surface area (Å²) >= 11 is 0. The van der Waals surface area contributed by atoms with Crippen LogP contribution in [0.3, 0.4) is 0 Å². The molecule has 0 saturated heterocycles. The van der Waals surface area contributed by atoms with Crippen LogP contribution in [-0.4, -0.2) is 15.8 Å². The molecule has 0 radical (unpaired) electrons. The summed E-state index contributed by atoms with van der Waals surface area (Å²) < 4.78 is 0. The second-order valence-electron chi connectivity index (χ2n) is 4.02. The third-order valence-corrected chi connectivity index (χ3v) is 2.43. The van der Waals surface area contributed by atoms with Gasteiger partial charge < -0.3 is 10.6 Å². The number of nitrogens with one attached hydrogen (secondary N) is 2. The lowest BCUT2D eigenvalue weighted by Gasteiger charge is -2.08. The number of aromatic nitrogens is 1. The summed E-state index contributed by atoms with van der Waals surface area (Å²) in [6, 6.07) is 9.70. The fourth-order valence-corrected chi connectivity index (χ4v) is 1.66. The van der Waals surface area contributed by atoms with Crippen molar-refractivity contribution in [1.29, 1.82) is 0 Å². The van der Waals surface area contributed by atoms with Gasteiger partial charge in [0.25, 0.3) is 0 Å². The molecule has 0 saturated carbocycles. The zero-order valence-corrected chi connectivity index (χ0v) is 10.7. The first-order valence-electron chi connectivity index (χ1n) is 5.80. The Morgan fingerprint density at radius 1 is 1.25 bits per heavy atom. The molecule has 0 unspecified atom stereocenters. The molecule has 0 aliphatic rings. The van der Waals surface area contributed by atoms with Crippen LogP contribution < -0.4 is 10.6 Å². The zero-order valence-electron chi connectivity index (χ0n) is 10.7. The predicted molar refractivity (Wildman–Crippen MR) is 74.9 cm³/mol. The van der Waals surface area contributed by atoms with Gasteiger partial charge in [-0.2, -0.15) is 0 Å². The fraction of sp³-hybridized carbons (Fsp3) is 0.0769. The molecule has 102 valence electrons. The summed E-state index contributed by atoms with van der Waals surface area (Å²) in [5, 5.41) is 16.4. The number of nitrogens with zero attached hydrogens (tertiary/aromatic N) is 2. The van der Waals surface area contributed by atoms with E-state index in [0.29, 0.717) is 11.4 Å². The van der Waals surface area contributed by atoms with Crippen LogP contribution in [0.5, 0.6) is 0 Å². The summed E-state index contributed by atoms with van der Waals surface area (Å²) in [6.45, 7) is 1.41. The van der Waals surface area contributed by atoms with Crippen molar-refractivity contribution >= 4 is 28.8 Å². The quantitative estimate of drug-likeness (QED) is 0.658. The van der Waals surface area contributed by atoms with Crippen LogP contribution in [-0.2, 0) is 4.79 Å². The van der Waals surface area contributed by atoms with E-state index in [0.717, 1.165) is 0 Å². The Bertz CT molecular complexity index is 658. The van der Waals surface area contributed by atoms with E-state index in [1.165, 1.54) is 25.3 Å². The van der Waals surface area contributed by atoms with Gasteiger partial charge in [0.15, 0.2) is 0 Å². The molecule has 0 fully saturated rings. The van der Waals surface area contributed by atoms with Crippen LogP contribution in [0.2, 0.25) is 0 Å². The number of hydrogen-bond donors (Lipinski definition) is 2. The van der Waals surface area contributed by atoms with Crippen molar-refractivity contribution in [2.24, 2.45) is 0 Å². The van der Waals surface area contributed by atoms with Gasteiger partial charge in [-0.25, -0.2) is 4.98 Å². The lowest BCUT2D eigenvalue weighted by atomic mass is 10.2. The topological polar surface area (TPSA) is 97.2 Å². The van der Waals surface area contributed by atoms with E-state index in [1.54, 1.807) is 24.3 Å². The number of benzene rings is 1. The Labute approximate surface area is 114 Å². The van der Waals surface area contributed by atoms with E-state index in [1.807, 2.05) is 0 Å². The Balaban J connectivity index is 2.26. The number of hydrogen-bond acceptors (Lipinski definition) is 5. The summed E-state index contributed by atoms with van der Waals surface area (Å²) in [6.07, 6.45) is 1.47. The molecular formula is C13H12N4O3. The van der Waals surface area contributed by atoms with Gasteiger partial charge in [0, 0.05) is 30.6 Å². The second kappa shape index (κ2) is 5.79. The third kappa shape index (κ3) is 3.29. The van der Waals surface area contributed by atoms with Crippen molar-refractivity contribution in [3.8, 4) is 0 Å². The molecule has 2 aromatic rings. The number of pyridine rings is 1. The largest absolute Gasteiger partial charge is 0.334 e. The SMILES string of the molecule is CC(=O)Nc1cccc(Nc2ncccc2[N+](=O)[O-])c1. The third-order valence-electron chi connectivity index (χ3n) is 2.43. The van der Waals surface area contributed by atoms with Crippen LogP contribution in [0.4, 0.5) is 22.9 Å². The van der Waals surface area contributed by atoms with E-state index in [-0.39, 0.29) is 17.4 Å². The smallest absolute Gasteiger partial charge is 0.311 e. The van der Waals surface area contributed by atoms with Gasteiger partial charge in [-0.15, -0.1) is 0 Å². The number of carbonyl (C=O) groups is 1. The van der Waals surface area contributed by atoms with E-state index < -0.39 is 4.92 Å². The van der Waals surface area contributed by atoms with Gasteiger partial charge >= 0.3 is 5.69 Å². The van der Waals surface area contributed by atoms with Crippen LogP contribution in [0.25, 0.3) is 0 Å². The lowest BCUT2D eigenvalue weighted by molar-refractivity contribution is -0.384. The molecule has 1 heterocycles. The molecule has 2 N–H and O–H groups in total. The van der Waals surface area contributed by atoms with Gasteiger partial charge in [-0.3, -0.25) is 14.9 Å². The van der Waals surface area contributed by atoms with E-state index in [4.69, 9.17) is 0 Å². The van der Waals surface area contributed by atoms with Gasteiger partial charge in [-0.05, 0) is 24.3 Å². The van der Waals surface area contributed by atoms with Gasteiger partial charge in [0.2, 0.25) is 11.7 Å². The average Bonchev–Trinajstić information content (AvgIpc) is 2.38. The standard InChI is InChI=1S/C13H12N4O3/c1-9(18)15-10-4-2-5-11(8-10)16-13-12(17(19)20)6-3-7-14-13/h2-8H,1H3,(H,14,16)(H,15,18). The minimum Gasteiger partial charge on any atom is -0.334 e. The molecule has 20 heavy (non-hydrogen) atoms. The highest BCUT2D eigenvalue weighted by Gasteiger charge is 2.14. The van der Waals surface area contributed by atoms with Crippen molar-refractivity contribution in [1.82, 2.24) is 4.98 Å². The number of amides is 1. The molecule has 7 heteroatoms. The van der Waals surface area contributed by atoms with Crippen LogP contribution >= 0.6 is 0 Å². The fourth-order valence-electron chi connectivity index (χ4n) is 1.66. The average molecular weight is 272 g/mol. The highest BCUT2D eigenvalue weighted by atomic mass is 16.6. The van der Waals surface area contributed by atoms with Crippen molar-refractivity contribution in [2.75, 3.05) is 10.6 Å². The van der Waals surface area contributed by atoms with Crippen LogP contribution in [0.1, 0.15) is 6.92 Å². The maximum atomic E-state index is 11.0. The molecule has 1 aromatic carbocycles. The normalized spacial score (nSPS) is 9.85. The van der Waals surface area contributed by atoms with Crippen molar-refractivity contribution < 1.29 is 9.72 Å². The minimum atomic E-state index is -0.507. The maximum Gasteiger partial charge on any atom is 0.311 e. The predicted octanol–water partition coefficient (Wildman–Crippen LogP) is 2.69. The molecule has 7 nitrogen and oxygen atoms in total. The Hall–Kier alpha value is -2.96. The molecule has 0 aliphatic heterocycles. The first-order chi connectivity index (χ1) is 9.56. The number of anilines is 3.